The van der Waals surface area contributed by atoms with Crippen LogP contribution in [0, 0.1) is 0 Å². The zero-order valence-electron chi connectivity index (χ0n) is 26.0. The molecule has 1 nitrogen and oxygen atoms in total. The van der Waals surface area contributed by atoms with Crippen LogP contribution in [0.15, 0.2) is 200 Å². The lowest BCUT2D eigenvalue weighted by atomic mass is 9.95. The van der Waals surface area contributed by atoms with Gasteiger partial charge in [-0.25, -0.2) is 0 Å². The molecule has 1 heteroatoms. The summed E-state index contributed by atoms with van der Waals surface area (Å²) in [5, 5.41) is 2.51. The van der Waals surface area contributed by atoms with E-state index in [1.165, 1.54) is 55.3 Å². The minimum absolute atomic E-state index is 1.10. The second-order valence-corrected chi connectivity index (χ2v) is 11.8. The SMILES string of the molecule is c1ccc(-c2ccc(N(c3ccc(-c4cccc5ccccc45)cc3)c3ccc(-c4ccccc4)cc3-c3ccccc3)cc2)cc1. The van der Waals surface area contributed by atoms with Crippen LogP contribution in [0.4, 0.5) is 17.1 Å². The third-order valence-corrected chi connectivity index (χ3v) is 8.89. The monoisotopic (exact) mass is 599 g/mol. The molecule has 0 aliphatic rings. The van der Waals surface area contributed by atoms with Gasteiger partial charge in [0.25, 0.3) is 0 Å². The van der Waals surface area contributed by atoms with E-state index in [0.717, 1.165) is 17.1 Å². The standard InChI is InChI=1S/C46H33N/c1-4-13-34(14-5-1)36-23-28-41(29-24-36)47(42-30-25-39(26-31-42)44-22-12-20-37-19-10-11-21-43(37)44)46-32-27-40(35-15-6-2-7-16-35)33-45(46)38-17-8-3-9-18-38/h1-33H. The molecule has 0 radical (unpaired) electrons. The van der Waals surface area contributed by atoms with Gasteiger partial charge in [0.2, 0.25) is 0 Å². The van der Waals surface area contributed by atoms with E-state index in [-0.39, 0.29) is 0 Å². The molecule has 0 unspecified atom stereocenters. The highest BCUT2D eigenvalue weighted by atomic mass is 15.1. The van der Waals surface area contributed by atoms with Crippen molar-refractivity contribution in [2.45, 2.75) is 0 Å². The highest BCUT2D eigenvalue weighted by Crippen LogP contribution is 2.43. The maximum Gasteiger partial charge on any atom is 0.0540 e. The summed E-state index contributed by atoms with van der Waals surface area (Å²) in [7, 11) is 0. The summed E-state index contributed by atoms with van der Waals surface area (Å²) in [6, 6.07) is 71.8. The Bertz CT molecular complexity index is 2250. The van der Waals surface area contributed by atoms with E-state index >= 15 is 0 Å². The van der Waals surface area contributed by atoms with Crippen LogP contribution in [0.25, 0.3) is 55.3 Å². The van der Waals surface area contributed by atoms with E-state index in [0.29, 0.717) is 0 Å². The Labute approximate surface area is 276 Å². The Morgan fingerprint density at radius 3 is 1.36 bits per heavy atom. The molecule has 0 saturated heterocycles. The van der Waals surface area contributed by atoms with E-state index in [1.54, 1.807) is 0 Å². The fraction of sp³-hybridized carbons (Fsp3) is 0. The number of benzene rings is 8. The number of fused-ring (bicyclic) bond motifs is 1. The molecule has 0 saturated carbocycles. The lowest BCUT2D eigenvalue weighted by molar-refractivity contribution is 1.28. The van der Waals surface area contributed by atoms with Crippen LogP contribution in [-0.2, 0) is 0 Å². The van der Waals surface area contributed by atoms with Crippen molar-refractivity contribution in [3.63, 3.8) is 0 Å². The quantitative estimate of drug-likeness (QED) is 0.176. The molecular weight excluding hydrogens is 567 g/mol. The van der Waals surface area contributed by atoms with Gasteiger partial charge < -0.3 is 4.90 Å². The Kier molecular flexibility index (Phi) is 7.63. The summed E-state index contributed by atoms with van der Waals surface area (Å²) in [5.74, 6) is 0. The van der Waals surface area contributed by atoms with Gasteiger partial charge in [-0.2, -0.15) is 0 Å². The first kappa shape index (κ1) is 28.3. The highest BCUT2D eigenvalue weighted by Gasteiger charge is 2.19. The summed E-state index contributed by atoms with van der Waals surface area (Å²) in [6.07, 6.45) is 0. The molecule has 8 aromatic rings. The fourth-order valence-electron chi connectivity index (χ4n) is 6.52. The Balaban J connectivity index is 1.29. The highest BCUT2D eigenvalue weighted by molar-refractivity contribution is 5.97. The Morgan fingerprint density at radius 2 is 0.723 bits per heavy atom. The van der Waals surface area contributed by atoms with Gasteiger partial charge in [0.15, 0.2) is 0 Å². The largest absolute Gasteiger partial charge is 0.310 e. The first-order valence-electron chi connectivity index (χ1n) is 16.1. The van der Waals surface area contributed by atoms with Crippen LogP contribution in [0.3, 0.4) is 0 Å². The third kappa shape index (κ3) is 5.72. The molecule has 0 aliphatic heterocycles. The third-order valence-electron chi connectivity index (χ3n) is 8.89. The van der Waals surface area contributed by atoms with E-state index in [1.807, 2.05) is 0 Å². The van der Waals surface area contributed by atoms with Crippen molar-refractivity contribution in [2.24, 2.45) is 0 Å². The number of hydrogen-bond acceptors (Lipinski definition) is 1. The number of anilines is 3. The molecule has 8 aromatic carbocycles. The van der Waals surface area contributed by atoms with Crippen molar-refractivity contribution in [1.82, 2.24) is 0 Å². The number of nitrogens with zero attached hydrogens (tertiary/aromatic N) is 1. The van der Waals surface area contributed by atoms with Crippen LogP contribution in [0.2, 0.25) is 0 Å². The topological polar surface area (TPSA) is 3.24 Å². The number of rotatable bonds is 7. The van der Waals surface area contributed by atoms with Crippen LogP contribution in [0.5, 0.6) is 0 Å². The van der Waals surface area contributed by atoms with E-state index in [2.05, 4.69) is 205 Å². The van der Waals surface area contributed by atoms with Crippen LogP contribution in [-0.4, -0.2) is 0 Å². The van der Waals surface area contributed by atoms with Gasteiger partial charge in [-0.1, -0.05) is 164 Å². The molecule has 222 valence electrons. The van der Waals surface area contributed by atoms with Gasteiger partial charge in [-0.15, -0.1) is 0 Å². The molecule has 0 aromatic heterocycles. The summed E-state index contributed by atoms with van der Waals surface area (Å²) in [6.45, 7) is 0. The van der Waals surface area contributed by atoms with Gasteiger partial charge in [0.05, 0.1) is 5.69 Å². The minimum atomic E-state index is 1.10. The molecule has 0 amide bonds. The van der Waals surface area contributed by atoms with Gasteiger partial charge in [-0.3, -0.25) is 0 Å². The van der Waals surface area contributed by atoms with Crippen LogP contribution in [0.1, 0.15) is 0 Å². The van der Waals surface area contributed by atoms with Crippen molar-refractivity contribution in [1.29, 1.82) is 0 Å². The molecule has 47 heavy (non-hydrogen) atoms. The molecular formula is C46H33N. The molecule has 0 bridgehead atoms. The lowest BCUT2D eigenvalue weighted by Crippen LogP contribution is -2.11. The summed E-state index contributed by atoms with van der Waals surface area (Å²) < 4.78 is 0. The van der Waals surface area contributed by atoms with E-state index in [4.69, 9.17) is 0 Å². The summed E-state index contributed by atoms with van der Waals surface area (Å²) in [4.78, 5) is 2.39. The van der Waals surface area contributed by atoms with Gasteiger partial charge in [0.1, 0.15) is 0 Å². The Hall–Kier alpha value is -6.18. The predicted molar refractivity (Wildman–Crippen MR) is 200 cm³/mol. The molecule has 0 spiro atoms. The van der Waals surface area contributed by atoms with Crippen molar-refractivity contribution in [3.8, 4) is 44.5 Å². The van der Waals surface area contributed by atoms with Crippen molar-refractivity contribution < 1.29 is 0 Å². The fourth-order valence-corrected chi connectivity index (χ4v) is 6.52. The molecule has 0 N–H and O–H groups in total. The average molecular weight is 600 g/mol. The van der Waals surface area contributed by atoms with Crippen LogP contribution >= 0.6 is 0 Å². The molecule has 0 atom stereocenters. The van der Waals surface area contributed by atoms with Crippen LogP contribution < -0.4 is 4.90 Å². The molecule has 0 aliphatic carbocycles. The predicted octanol–water partition coefficient (Wildman–Crippen LogP) is 13.0. The maximum absolute atomic E-state index is 2.39. The second-order valence-electron chi connectivity index (χ2n) is 11.8. The summed E-state index contributed by atoms with van der Waals surface area (Å²) >= 11 is 0. The van der Waals surface area contributed by atoms with Crippen molar-refractivity contribution in [2.75, 3.05) is 4.90 Å². The molecule has 0 heterocycles. The molecule has 8 rings (SSSR count). The lowest BCUT2D eigenvalue weighted by Gasteiger charge is -2.29. The first-order chi connectivity index (χ1) is 23.3. The normalized spacial score (nSPS) is 11.0. The Morgan fingerprint density at radius 1 is 0.277 bits per heavy atom. The van der Waals surface area contributed by atoms with E-state index in [9.17, 15) is 0 Å². The maximum atomic E-state index is 2.39. The zero-order chi connectivity index (χ0) is 31.4. The van der Waals surface area contributed by atoms with Gasteiger partial charge in [0, 0.05) is 16.9 Å². The van der Waals surface area contributed by atoms with E-state index < -0.39 is 0 Å². The smallest absolute Gasteiger partial charge is 0.0540 e. The molecule has 0 fully saturated rings. The van der Waals surface area contributed by atoms with Crippen molar-refractivity contribution in [3.05, 3.63) is 200 Å². The van der Waals surface area contributed by atoms with Crippen molar-refractivity contribution >= 4 is 27.8 Å². The van der Waals surface area contributed by atoms with Gasteiger partial charge in [-0.05, 0) is 86.1 Å². The number of hydrogen-bond donors (Lipinski definition) is 0. The average Bonchev–Trinajstić information content (AvgIpc) is 3.16. The zero-order valence-corrected chi connectivity index (χ0v) is 26.0. The first-order valence-corrected chi connectivity index (χ1v) is 16.1. The minimum Gasteiger partial charge on any atom is -0.310 e. The van der Waals surface area contributed by atoms with Gasteiger partial charge >= 0.3 is 0 Å². The second kappa shape index (κ2) is 12.7. The summed E-state index contributed by atoms with van der Waals surface area (Å²) in [5.41, 5.74) is 12.9.